The van der Waals surface area contributed by atoms with Gasteiger partial charge in [0, 0.05) is 26.0 Å². The van der Waals surface area contributed by atoms with E-state index >= 15 is 0 Å². The summed E-state index contributed by atoms with van der Waals surface area (Å²) in [7, 11) is 1.71. The van der Waals surface area contributed by atoms with Crippen molar-refractivity contribution in [1.29, 1.82) is 0 Å². The smallest absolute Gasteiger partial charge is 0.355 e. The first kappa shape index (κ1) is 9.88. The van der Waals surface area contributed by atoms with Crippen LogP contribution in [0.25, 0.3) is 0 Å². The van der Waals surface area contributed by atoms with Crippen molar-refractivity contribution in [3.8, 4) is 0 Å². The maximum absolute atomic E-state index is 11.7. The quantitative estimate of drug-likeness (QED) is 0.793. The van der Waals surface area contributed by atoms with Crippen LogP contribution in [0.1, 0.15) is 6.42 Å². The second kappa shape index (κ2) is 3.68. The Bertz CT molecular complexity index is 266. The number of alkyl halides is 3. The van der Waals surface area contributed by atoms with Gasteiger partial charge in [0.2, 0.25) is 5.95 Å². The highest BCUT2D eigenvalue weighted by molar-refractivity contribution is 5.24. The molecule has 1 aromatic heterocycles. The highest BCUT2D eigenvalue weighted by Gasteiger charge is 2.26. The summed E-state index contributed by atoms with van der Waals surface area (Å²) in [6.45, 7) is -0.144. The van der Waals surface area contributed by atoms with Crippen LogP contribution in [-0.4, -0.2) is 22.3 Å². The number of nitrogens with zero attached hydrogens (tertiary/aromatic N) is 2. The van der Waals surface area contributed by atoms with Crippen LogP contribution in [0.2, 0.25) is 0 Å². The number of rotatable bonds is 3. The SMILES string of the molecule is Cn1ccnc1NCCC(F)(F)F. The van der Waals surface area contributed by atoms with Crippen LogP contribution in [-0.2, 0) is 7.05 Å². The predicted molar refractivity (Wildman–Crippen MR) is 42.4 cm³/mol. The van der Waals surface area contributed by atoms with Gasteiger partial charge in [-0.1, -0.05) is 0 Å². The Morgan fingerprint density at radius 3 is 2.69 bits per heavy atom. The molecule has 0 radical (unpaired) electrons. The molecule has 0 aliphatic rings. The number of hydrogen-bond donors (Lipinski definition) is 1. The highest BCUT2D eigenvalue weighted by Crippen LogP contribution is 2.18. The summed E-state index contributed by atoms with van der Waals surface area (Å²) in [4.78, 5) is 3.82. The molecule has 6 heteroatoms. The molecular weight excluding hydrogens is 183 g/mol. The summed E-state index contributed by atoms with van der Waals surface area (Å²) >= 11 is 0. The largest absolute Gasteiger partial charge is 0.390 e. The van der Waals surface area contributed by atoms with E-state index in [0.717, 1.165) is 0 Å². The summed E-state index contributed by atoms with van der Waals surface area (Å²) < 4.78 is 36.8. The van der Waals surface area contributed by atoms with Gasteiger partial charge in [-0.25, -0.2) is 4.98 Å². The topological polar surface area (TPSA) is 29.9 Å². The van der Waals surface area contributed by atoms with Crippen molar-refractivity contribution in [2.75, 3.05) is 11.9 Å². The maximum atomic E-state index is 11.7. The Kier molecular flexibility index (Phi) is 2.79. The van der Waals surface area contributed by atoms with Gasteiger partial charge in [-0.3, -0.25) is 0 Å². The van der Waals surface area contributed by atoms with Crippen molar-refractivity contribution < 1.29 is 13.2 Å². The number of aromatic nitrogens is 2. The summed E-state index contributed by atoms with van der Waals surface area (Å²) in [5.74, 6) is 0.448. The van der Waals surface area contributed by atoms with Gasteiger partial charge in [0.1, 0.15) is 0 Å². The number of imidazole rings is 1. The van der Waals surface area contributed by atoms with Crippen molar-refractivity contribution in [3.63, 3.8) is 0 Å². The molecule has 13 heavy (non-hydrogen) atoms. The van der Waals surface area contributed by atoms with Crippen molar-refractivity contribution in [3.05, 3.63) is 12.4 Å². The summed E-state index contributed by atoms with van der Waals surface area (Å²) in [5, 5.41) is 2.58. The van der Waals surface area contributed by atoms with E-state index in [1.165, 1.54) is 6.20 Å². The highest BCUT2D eigenvalue weighted by atomic mass is 19.4. The van der Waals surface area contributed by atoms with Crippen LogP contribution >= 0.6 is 0 Å². The van der Waals surface area contributed by atoms with E-state index < -0.39 is 12.6 Å². The monoisotopic (exact) mass is 193 g/mol. The first-order valence-electron chi connectivity index (χ1n) is 3.77. The Hall–Kier alpha value is -1.20. The Labute approximate surface area is 73.6 Å². The molecule has 1 heterocycles. The third kappa shape index (κ3) is 3.35. The van der Waals surface area contributed by atoms with Gasteiger partial charge in [-0.15, -0.1) is 0 Å². The average molecular weight is 193 g/mol. The molecule has 0 amide bonds. The fourth-order valence-electron chi connectivity index (χ4n) is 0.852. The summed E-state index contributed by atoms with van der Waals surface area (Å²) in [6.07, 6.45) is -1.77. The lowest BCUT2D eigenvalue weighted by molar-refractivity contribution is -0.131. The molecule has 0 saturated heterocycles. The van der Waals surface area contributed by atoms with E-state index in [2.05, 4.69) is 10.3 Å². The molecule has 1 aromatic rings. The van der Waals surface area contributed by atoms with Gasteiger partial charge < -0.3 is 9.88 Å². The molecule has 0 aliphatic heterocycles. The van der Waals surface area contributed by atoms with Crippen molar-refractivity contribution in [2.24, 2.45) is 7.05 Å². The zero-order chi connectivity index (χ0) is 9.90. The molecule has 0 atom stereocenters. The normalized spacial score (nSPS) is 11.7. The number of aryl methyl sites for hydroxylation is 1. The molecule has 0 bridgehead atoms. The van der Waals surface area contributed by atoms with Crippen molar-refractivity contribution in [1.82, 2.24) is 9.55 Å². The van der Waals surface area contributed by atoms with Crippen LogP contribution in [0.5, 0.6) is 0 Å². The van der Waals surface area contributed by atoms with E-state index in [1.54, 1.807) is 17.8 Å². The maximum Gasteiger partial charge on any atom is 0.390 e. The first-order chi connectivity index (χ1) is 5.99. The molecule has 3 nitrogen and oxygen atoms in total. The zero-order valence-corrected chi connectivity index (χ0v) is 7.10. The Balaban J connectivity index is 2.32. The first-order valence-corrected chi connectivity index (χ1v) is 3.77. The predicted octanol–water partition coefficient (Wildman–Crippen LogP) is 1.78. The van der Waals surface area contributed by atoms with E-state index in [9.17, 15) is 13.2 Å². The van der Waals surface area contributed by atoms with Crippen LogP contribution in [0.3, 0.4) is 0 Å². The lowest BCUT2D eigenvalue weighted by Crippen LogP contribution is -2.16. The molecule has 0 unspecified atom stereocenters. The number of halogens is 3. The number of hydrogen-bond acceptors (Lipinski definition) is 2. The molecule has 1 rings (SSSR count). The fraction of sp³-hybridized carbons (Fsp3) is 0.571. The van der Waals surface area contributed by atoms with Gasteiger partial charge in [0.25, 0.3) is 0 Å². The lowest BCUT2D eigenvalue weighted by atomic mass is 10.4. The third-order valence-electron chi connectivity index (χ3n) is 1.51. The van der Waals surface area contributed by atoms with Gasteiger partial charge in [0.15, 0.2) is 0 Å². The minimum Gasteiger partial charge on any atom is -0.355 e. The van der Waals surface area contributed by atoms with Crippen LogP contribution in [0, 0.1) is 0 Å². The zero-order valence-electron chi connectivity index (χ0n) is 7.10. The molecule has 0 saturated carbocycles. The minimum atomic E-state index is -4.11. The summed E-state index contributed by atoms with van der Waals surface area (Å²) in [6, 6.07) is 0. The third-order valence-corrected chi connectivity index (χ3v) is 1.51. The van der Waals surface area contributed by atoms with Gasteiger partial charge in [0.05, 0.1) is 6.42 Å². The molecule has 1 N–H and O–H groups in total. The van der Waals surface area contributed by atoms with Crippen molar-refractivity contribution in [2.45, 2.75) is 12.6 Å². The lowest BCUT2D eigenvalue weighted by Gasteiger charge is -2.07. The van der Waals surface area contributed by atoms with E-state index in [0.29, 0.717) is 5.95 Å². The molecule has 0 aromatic carbocycles. The molecule has 0 aliphatic carbocycles. The van der Waals surface area contributed by atoms with Crippen LogP contribution in [0.15, 0.2) is 12.4 Å². The van der Waals surface area contributed by atoms with E-state index in [-0.39, 0.29) is 6.54 Å². The second-order valence-electron chi connectivity index (χ2n) is 2.65. The fourth-order valence-corrected chi connectivity index (χ4v) is 0.852. The van der Waals surface area contributed by atoms with Gasteiger partial charge in [-0.05, 0) is 0 Å². The Morgan fingerprint density at radius 1 is 1.54 bits per heavy atom. The average Bonchev–Trinajstić information content (AvgIpc) is 2.34. The van der Waals surface area contributed by atoms with Gasteiger partial charge >= 0.3 is 6.18 Å². The van der Waals surface area contributed by atoms with E-state index in [1.807, 2.05) is 0 Å². The van der Waals surface area contributed by atoms with E-state index in [4.69, 9.17) is 0 Å². The standard InChI is InChI=1S/C7H10F3N3/c1-13-5-4-12-6(13)11-3-2-7(8,9)10/h4-5H,2-3H2,1H3,(H,11,12). The number of anilines is 1. The number of nitrogens with one attached hydrogen (secondary N) is 1. The van der Waals surface area contributed by atoms with Crippen molar-refractivity contribution >= 4 is 5.95 Å². The van der Waals surface area contributed by atoms with Crippen LogP contribution in [0.4, 0.5) is 19.1 Å². The Morgan fingerprint density at radius 2 is 2.23 bits per heavy atom. The molecule has 74 valence electrons. The minimum absolute atomic E-state index is 0.144. The van der Waals surface area contributed by atoms with Crippen LogP contribution < -0.4 is 5.32 Å². The second-order valence-corrected chi connectivity index (χ2v) is 2.65. The molecule has 0 spiro atoms. The molecular formula is C7H10F3N3. The summed E-state index contributed by atoms with van der Waals surface area (Å²) in [5.41, 5.74) is 0. The van der Waals surface area contributed by atoms with Gasteiger partial charge in [-0.2, -0.15) is 13.2 Å². The molecule has 0 fully saturated rings.